The standard InChI is InChI=1S/C32H18O19S6.6Na.3H/c33-21-9-23(52(34,35)36)15-5-7-19-27(56(46,47)48)12-28(20-3-1-13(21)29(15)32(19)20)57(49,50)51-22-10-24(53(37,38)39)16-6-8-18-26(55(43,44)45)11-25(54(40,41)42)17-4-2-14(22)30(16)31(17)18;;;;;;;;;/h1-12,33H,(H,34,35,36)(H,37,38,39)(H,40,41,42)(H,43,44,45)(H,46,47,48);;;;;;;;;/q;;;;3*+1;;;/p-3. The SMILES string of the molecule is O=S(=O)([O-])c1cc(OS(=O)(=O)c2cc(S(=O)(=O)O)c3ccc4c(S(=O)(=O)O)cc(O)c5ccc2c3c54)c2ccc3c(S(=O)(=O)[O-])cc(S(=O)(=O)[O-])c4ccc1c2c34.[Na+].[Na+].[Na+].[NaH].[NaH].[NaH]. The third kappa shape index (κ3) is 10.4. The van der Waals surface area contributed by atoms with Crippen LogP contribution >= 0.6 is 0 Å². The minimum absolute atomic E-state index is 0. The zero-order valence-corrected chi connectivity index (χ0v) is 41.2. The van der Waals surface area contributed by atoms with Gasteiger partial charge in [0.25, 0.3) is 20.2 Å². The van der Waals surface area contributed by atoms with Crippen molar-refractivity contribution in [2.75, 3.05) is 0 Å². The molecule has 8 rings (SSSR count). The summed E-state index contributed by atoms with van der Waals surface area (Å²) in [5.74, 6) is -1.79. The van der Waals surface area contributed by atoms with Gasteiger partial charge in [0, 0.05) is 76.8 Å². The summed E-state index contributed by atoms with van der Waals surface area (Å²) < 4.78 is 216. The number of phenols is 1. The maximum absolute atomic E-state index is 14.4. The molecule has 0 aliphatic rings. The van der Waals surface area contributed by atoms with Crippen molar-refractivity contribution in [1.82, 2.24) is 0 Å². The molecule has 8 aromatic rings. The summed E-state index contributed by atoms with van der Waals surface area (Å²) in [4.78, 5) is -6.79. The van der Waals surface area contributed by atoms with Crippen molar-refractivity contribution in [1.29, 1.82) is 0 Å². The summed E-state index contributed by atoms with van der Waals surface area (Å²) in [6.45, 7) is 0. The summed E-state index contributed by atoms with van der Waals surface area (Å²) in [6.07, 6.45) is 0. The van der Waals surface area contributed by atoms with Gasteiger partial charge in [-0.2, -0.15) is 25.3 Å². The predicted molar refractivity (Wildman–Crippen MR) is 215 cm³/mol. The molecule has 8 aromatic carbocycles. The molecule has 63 heavy (non-hydrogen) atoms. The Morgan fingerprint density at radius 1 is 0.381 bits per heavy atom. The molecule has 3 N–H and O–H groups in total. The molecule has 19 nitrogen and oxygen atoms in total. The molecular formula is C32H18Na6O19S6. The molecule has 302 valence electrons. The third-order valence-electron chi connectivity index (χ3n) is 9.34. The van der Waals surface area contributed by atoms with Gasteiger partial charge in [-0.05, 0) is 24.3 Å². The Labute approximate surface area is 490 Å². The van der Waals surface area contributed by atoms with Crippen LogP contribution in [0.3, 0.4) is 0 Å². The quantitative estimate of drug-likeness (QED) is 0.0551. The van der Waals surface area contributed by atoms with Crippen LogP contribution in [0.5, 0.6) is 11.5 Å². The van der Waals surface area contributed by atoms with Gasteiger partial charge in [-0.3, -0.25) is 9.11 Å². The van der Waals surface area contributed by atoms with Crippen molar-refractivity contribution in [2.45, 2.75) is 29.4 Å². The van der Waals surface area contributed by atoms with Gasteiger partial charge in [0.1, 0.15) is 50.8 Å². The first-order valence-electron chi connectivity index (χ1n) is 15.1. The summed E-state index contributed by atoms with van der Waals surface area (Å²) in [6, 6.07) is 9.51. The van der Waals surface area contributed by atoms with Gasteiger partial charge < -0.3 is 22.9 Å². The van der Waals surface area contributed by atoms with Crippen molar-refractivity contribution in [3.8, 4) is 11.5 Å². The summed E-state index contributed by atoms with van der Waals surface area (Å²) >= 11 is 0. The number of hydrogen-bond donors (Lipinski definition) is 3. The first-order chi connectivity index (χ1) is 26.1. The molecular weight excluding hydrogens is 1020 g/mol. The van der Waals surface area contributed by atoms with Gasteiger partial charge in [0.05, 0.1) is 14.7 Å². The van der Waals surface area contributed by atoms with E-state index in [1.54, 1.807) is 0 Å². The van der Waals surface area contributed by atoms with Crippen LogP contribution in [0, 0.1) is 0 Å². The van der Waals surface area contributed by atoms with Gasteiger partial charge in [-0.25, -0.2) is 25.3 Å². The molecule has 0 fully saturated rings. The van der Waals surface area contributed by atoms with E-state index >= 15 is 0 Å². The Balaban J connectivity index is 0.00000228. The molecule has 0 saturated carbocycles. The normalized spacial score (nSPS) is 12.6. The Bertz CT molecular complexity index is 3840. The van der Waals surface area contributed by atoms with Crippen LogP contribution in [-0.2, 0) is 60.7 Å². The molecule has 0 aliphatic carbocycles. The second-order valence-electron chi connectivity index (χ2n) is 12.5. The van der Waals surface area contributed by atoms with Crippen molar-refractivity contribution in [3.63, 3.8) is 0 Å². The molecule has 0 spiro atoms. The van der Waals surface area contributed by atoms with Gasteiger partial charge in [0.2, 0.25) is 0 Å². The van der Waals surface area contributed by atoms with Crippen LogP contribution < -0.4 is 92.9 Å². The fourth-order valence-electron chi connectivity index (χ4n) is 7.23. The van der Waals surface area contributed by atoms with E-state index in [9.17, 15) is 78.4 Å². The Kier molecular flexibility index (Phi) is 19.0. The zero-order chi connectivity index (χ0) is 41.7. The molecule has 0 atom stereocenters. The Morgan fingerprint density at radius 3 is 1.03 bits per heavy atom. The van der Waals surface area contributed by atoms with E-state index in [-0.39, 0.29) is 194 Å². The fraction of sp³-hybridized carbons (Fsp3) is 0. The molecule has 0 aliphatic heterocycles. The molecule has 0 bridgehead atoms. The topological polar surface area (TPSA) is 344 Å². The molecule has 0 amide bonds. The monoisotopic (exact) mass is 1040 g/mol. The second-order valence-corrected chi connectivity index (χ2v) is 20.8. The van der Waals surface area contributed by atoms with Gasteiger partial charge in [-0.1, -0.05) is 36.4 Å². The number of phenolic OH excluding ortho intramolecular Hbond substituents is 1. The van der Waals surface area contributed by atoms with Crippen molar-refractivity contribution in [3.05, 3.63) is 72.8 Å². The summed E-state index contributed by atoms with van der Waals surface area (Å²) in [7, 11) is -32.9. The van der Waals surface area contributed by atoms with Crippen LogP contribution in [0.25, 0.3) is 64.6 Å². The minimum atomic E-state index is -5.65. The number of hydrogen-bond acceptors (Lipinski definition) is 17. The first-order valence-corrected chi connectivity index (χ1v) is 23.6. The Morgan fingerprint density at radius 2 is 0.651 bits per heavy atom. The van der Waals surface area contributed by atoms with E-state index in [0.29, 0.717) is 24.3 Å². The van der Waals surface area contributed by atoms with E-state index in [2.05, 4.69) is 0 Å². The number of aromatic hydroxyl groups is 1. The van der Waals surface area contributed by atoms with Crippen LogP contribution in [0.4, 0.5) is 0 Å². The molecule has 0 heterocycles. The molecule has 31 heteroatoms. The van der Waals surface area contributed by atoms with E-state index in [1.165, 1.54) is 0 Å². The van der Waals surface area contributed by atoms with Gasteiger partial charge >= 0.3 is 187 Å². The van der Waals surface area contributed by atoms with Crippen LogP contribution in [0.1, 0.15) is 0 Å². The van der Waals surface area contributed by atoms with Crippen molar-refractivity contribution >= 4 is 214 Å². The molecule has 0 unspecified atom stereocenters. The van der Waals surface area contributed by atoms with Crippen LogP contribution in [-0.4, -0.2) is 167 Å². The predicted octanol–water partition coefficient (Wildman–Crippen LogP) is -7.77. The van der Waals surface area contributed by atoms with Crippen LogP contribution in [0.15, 0.2) is 102 Å². The first kappa shape index (κ1) is 60.1. The fourth-order valence-corrected chi connectivity index (χ4v) is 12.1. The average molecular weight is 1040 g/mol. The van der Waals surface area contributed by atoms with E-state index < -0.39 is 150 Å². The van der Waals surface area contributed by atoms with Crippen molar-refractivity contribution in [2.24, 2.45) is 0 Å². The molecule has 0 radical (unpaired) electrons. The van der Waals surface area contributed by atoms with E-state index in [1.807, 2.05) is 0 Å². The number of benzene rings is 8. The molecule has 0 aromatic heterocycles. The summed E-state index contributed by atoms with van der Waals surface area (Å²) in [5.41, 5.74) is 0. The zero-order valence-electron chi connectivity index (χ0n) is 30.3. The van der Waals surface area contributed by atoms with E-state index in [4.69, 9.17) is 4.18 Å². The third-order valence-corrected chi connectivity index (χ3v) is 15.0. The average Bonchev–Trinajstić information content (AvgIpc) is 3.07. The van der Waals surface area contributed by atoms with Crippen molar-refractivity contribution < 1.29 is 171 Å². The number of rotatable bonds is 8. The molecule has 0 saturated heterocycles. The Hall–Kier alpha value is 0.940. The van der Waals surface area contributed by atoms with E-state index in [0.717, 1.165) is 48.5 Å². The summed E-state index contributed by atoms with van der Waals surface area (Å²) in [5, 5.41) is 5.28. The van der Waals surface area contributed by atoms with Gasteiger partial charge in [-0.15, -0.1) is 0 Å². The second kappa shape index (κ2) is 20.0. The maximum atomic E-state index is 14.4. The van der Waals surface area contributed by atoms with Gasteiger partial charge in [0.15, 0.2) is 5.75 Å². The van der Waals surface area contributed by atoms with Crippen LogP contribution in [0.2, 0.25) is 0 Å².